The van der Waals surface area contributed by atoms with Crippen LogP contribution in [0, 0.1) is 6.92 Å². The maximum absolute atomic E-state index is 5.72. The lowest BCUT2D eigenvalue weighted by Crippen LogP contribution is -2.12. The zero-order chi connectivity index (χ0) is 16.0. The Morgan fingerprint density at radius 2 is 2.13 bits per heavy atom. The first-order valence-corrected chi connectivity index (χ1v) is 7.43. The van der Waals surface area contributed by atoms with Gasteiger partial charge in [0.05, 0.1) is 28.2 Å². The Bertz CT molecular complexity index is 1020. The molecule has 0 aliphatic rings. The molecule has 2 N–H and O–H groups in total. The summed E-state index contributed by atoms with van der Waals surface area (Å²) in [5, 5.41) is 10.4. The van der Waals surface area contributed by atoms with Crippen molar-refractivity contribution in [3.05, 3.63) is 18.2 Å². The van der Waals surface area contributed by atoms with Crippen LogP contribution in [-0.2, 0) is 6.54 Å². The Hall–Kier alpha value is -2.81. The number of nitrogens with two attached hydrogens (primary N) is 1. The SMILES string of the molecule is CCn1ncc2c1nc(C)c1c(OCCN)nc3ncnn3c12. The number of rotatable bonds is 4. The lowest BCUT2D eigenvalue weighted by molar-refractivity contribution is 0.320. The van der Waals surface area contributed by atoms with E-state index in [1.165, 1.54) is 6.33 Å². The maximum Gasteiger partial charge on any atom is 0.256 e. The lowest BCUT2D eigenvalue weighted by atomic mass is 10.2. The molecule has 0 aromatic carbocycles. The Morgan fingerprint density at radius 3 is 2.91 bits per heavy atom. The average molecular weight is 312 g/mol. The van der Waals surface area contributed by atoms with Gasteiger partial charge in [0.15, 0.2) is 5.65 Å². The van der Waals surface area contributed by atoms with Crippen LogP contribution in [-0.4, -0.2) is 47.5 Å². The molecule has 0 saturated heterocycles. The van der Waals surface area contributed by atoms with Gasteiger partial charge in [0.2, 0.25) is 5.88 Å². The molecule has 4 heterocycles. The molecule has 118 valence electrons. The smallest absolute Gasteiger partial charge is 0.256 e. The van der Waals surface area contributed by atoms with E-state index >= 15 is 0 Å². The van der Waals surface area contributed by atoms with E-state index in [-0.39, 0.29) is 0 Å². The number of hydrogen-bond donors (Lipinski definition) is 1. The van der Waals surface area contributed by atoms with Crippen molar-refractivity contribution in [3.63, 3.8) is 0 Å². The summed E-state index contributed by atoms with van der Waals surface area (Å²) in [6.45, 7) is 5.47. The van der Waals surface area contributed by atoms with Crippen molar-refractivity contribution in [2.45, 2.75) is 20.4 Å². The van der Waals surface area contributed by atoms with Crippen LogP contribution < -0.4 is 10.5 Å². The molecule has 4 aromatic heterocycles. The predicted octanol–water partition coefficient (Wildman–Crippen LogP) is 0.688. The van der Waals surface area contributed by atoms with Gasteiger partial charge in [-0.3, -0.25) is 0 Å². The highest BCUT2D eigenvalue weighted by atomic mass is 16.5. The second-order valence-corrected chi connectivity index (χ2v) is 5.14. The minimum Gasteiger partial charge on any atom is -0.476 e. The van der Waals surface area contributed by atoms with Gasteiger partial charge < -0.3 is 10.5 Å². The fourth-order valence-corrected chi connectivity index (χ4v) is 2.77. The Morgan fingerprint density at radius 1 is 1.26 bits per heavy atom. The minimum absolute atomic E-state index is 0.373. The molecule has 0 aliphatic heterocycles. The van der Waals surface area contributed by atoms with E-state index in [9.17, 15) is 0 Å². The molecule has 0 fully saturated rings. The van der Waals surface area contributed by atoms with Crippen molar-refractivity contribution < 1.29 is 4.74 Å². The van der Waals surface area contributed by atoms with Crippen molar-refractivity contribution in [1.82, 2.24) is 34.3 Å². The number of nitrogens with zero attached hydrogens (tertiary/aromatic N) is 7. The zero-order valence-electron chi connectivity index (χ0n) is 12.9. The van der Waals surface area contributed by atoms with Crippen molar-refractivity contribution in [2.75, 3.05) is 13.2 Å². The molecule has 0 aliphatic carbocycles. The van der Waals surface area contributed by atoms with Gasteiger partial charge in [0.1, 0.15) is 12.9 Å². The normalized spacial score (nSPS) is 11.8. The first-order chi connectivity index (χ1) is 11.2. The number of fused-ring (bicyclic) bond motifs is 5. The van der Waals surface area contributed by atoms with Crippen molar-refractivity contribution in [1.29, 1.82) is 0 Å². The van der Waals surface area contributed by atoms with Crippen molar-refractivity contribution in [2.24, 2.45) is 5.73 Å². The van der Waals surface area contributed by atoms with E-state index in [2.05, 4.69) is 25.1 Å². The number of aryl methyl sites for hydroxylation is 2. The highest BCUT2D eigenvalue weighted by Gasteiger charge is 2.19. The first-order valence-electron chi connectivity index (χ1n) is 7.43. The average Bonchev–Trinajstić information content (AvgIpc) is 3.18. The highest BCUT2D eigenvalue weighted by Crippen LogP contribution is 2.31. The van der Waals surface area contributed by atoms with Crippen LogP contribution in [0.2, 0.25) is 0 Å². The Balaban J connectivity index is 2.19. The fourth-order valence-electron chi connectivity index (χ4n) is 2.77. The molecule has 9 nitrogen and oxygen atoms in total. The van der Waals surface area contributed by atoms with Crippen molar-refractivity contribution >= 4 is 27.7 Å². The molecular weight excluding hydrogens is 296 g/mol. The van der Waals surface area contributed by atoms with Gasteiger partial charge in [0.25, 0.3) is 5.78 Å². The second-order valence-electron chi connectivity index (χ2n) is 5.14. The third-order valence-electron chi connectivity index (χ3n) is 3.75. The monoisotopic (exact) mass is 312 g/mol. The van der Waals surface area contributed by atoms with Gasteiger partial charge in [-0.05, 0) is 13.8 Å². The van der Waals surface area contributed by atoms with E-state index in [4.69, 9.17) is 10.5 Å². The van der Waals surface area contributed by atoms with E-state index in [0.717, 1.165) is 34.2 Å². The van der Waals surface area contributed by atoms with Crippen LogP contribution in [0.5, 0.6) is 5.88 Å². The topological polar surface area (TPSA) is 109 Å². The quantitative estimate of drug-likeness (QED) is 0.590. The van der Waals surface area contributed by atoms with Gasteiger partial charge >= 0.3 is 0 Å². The van der Waals surface area contributed by atoms with Crippen LogP contribution in [0.25, 0.3) is 27.7 Å². The summed E-state index contributed by atoms with van der Waals surface area (Å²) >= 11 is 0. The summed E-state index contributed by atoms with van der Waals surface area (Å²) in [5.41, 5.74) is 8.01. The summed E-state index contributed by atoms with van der Waals surface area (Å²) < 4.78 is 9.27. The number of pyridine rings is 1. The molecule has 23 heavy (non-hydrogen) atoms. The van der Waals surface area contributed by atoms with Crippen LogP contribution in [0.15, 0.2) is 12.5 Å². The predicted molar refractivity (Wildman–Crippen MR) is 84.3 cm³/mol. The van der Waals surface area contributed by atoms with E-state index in [1.807, 2.05) is 18.5 Å². The van der Waals surface area contributed by atoms with Crippen LogP contribution in [0.1, 0.15) is 12.6 Å². The molecule has 0 saturated carbocycles. The standard InChI is InChI=1S/C14H16N8O/c1-3-21-12-9(6-17-21)11-10(8(2)19-12)13(23-5-4-15)20-14-16-7-18-22(11)14/h6-7H,3-5,15H2,1-2H3. The van der Waals surface area contributed by atoms with Crippen LogP contribution >= 0.6 is 0 Å². The summed E-state index contributed by atoms with van der Waals surface area (Å²) in [4.78, 5) is 13.3. The number of ether oxygens (including phenoxy) is 1. The van der Waals surface area contributed by atoms with Crippen LogP contribution in [0.4, 0.5) is 0 Å². The molecular formula is C14H16N8O. The molecule has 0 bridgehead atoms. The van der Waals surface area contributed by atoms with Crippen molar-refractivity contribution in [3.8, 4) is 5.88 Å². The summed E-state index contributed by atoms with van der Waals surface area (Å²) in [6, 6.07) is 0. The highest BCUT2D eigenvalue weighted by molar-refractivity contribution is 6.05. The molecule has 0 amide bonds. The second kappa shape index (κ2) is 5.13. The summed E-state index contributed by atoms with van der Waals surface area (Å²) in [6.07, 6.45) is 3.27. The summed E-state index contributed by atoms with van der Waals surface area (Å²) in [7, 11) is 0. The first kappa shape index (κ1) is 13.8. The molecule has 4 rings (SSSR count). The third-order valence-corrected chi connectivity index (χ3v) is 3.75. The van der Waals surface area contributed by atoms with Crippen LogP contribution in [0.3, 0.4) is 0 Å². The van der Waals surface area contributed by atoms with E-state index in [0.29, 0.717) is 24.8 Å². The third kappa shape index (κ3) is 1.93. The van der Waals surface area contributed by atoms with E-state index in [1.54, 1.807) is 10.7 Å². The molecule has 0 atom stereocenters. The Labute approximate surface area is 131 Å². The van der Waals surface area contributed by atoms with Gasteiger partial charge in [-0.15, -0.1) is 0 Å². The van der Waals surface area contributed by atoms with E-state index < -0.39 is 0 Å². The number of aromatic nitrogens is 7. The fraction of sp³-hybridized carbons (Fsp3) is 0.357. The molecule has 4 aromatic rings. The molecule has 0 spiro atoms. The van der Waals surface area contributed by atoms with Gasteiger partial charge in [-0.2, -0.15) is 24.7 Å². The molecule has 0 radical (unpaired) electrons. The summed E-state index contributed by atoms with van der Waals surface area (Å²) in [5.74, 6) is 0.947. The van der Waals surface area contributed by atoms with Gasteiger partial charge in [-0.25, -0.2) is 9.67 Å². The molecule has 9 heteroatoms. The Kier molecular flexibility index (Phi) is 3.08. The minimum atomic E-state index is 0.373. The molecule has 0 unspecified atom stereocenters. The van der Waals surface area contributed by atoms with Gasteiger partial charge in [0, 0.05) is 13.1 Å². The zero-order valence-corrected chi connectivity index (χ0v) is 12.9. The lowest BCUT2D eigenvalue weighted by Gasteiger charge is -2.11. The van der Waals surface area contributed by atoms with Gasteiger partial charge in [-0.1, -0.05) is 0 Å². The maximum atomic E-state index is 5.72. The number of hydrogen-bond acceptors (Lipinski definition) is 7. The largest absolute Gasteiger partial charge is 0.476 e.